The fourth-order valence-electron chi connectivity index (χ4n) is 4.02. The van der Waals surface area contributed by atoms with Crippen LogP contribution in [0.15, 0.2) is 54.7 Å². The van der Waals surface area contributed by atoms with Gasteiger partial charge in [0.1, 0.15) is 18.3 Å². The molecule has 0 bridgehead atoms. The third kappa shape index (κ3) is 6.07. The minimum Gasteiger partial charge on any atom is -0.465 e. The lowest BCUT2D eigenvalue weighted by molar-refractivity contribution is -0.144. The van der Waals surface area contributed by atoms with Crippen LogP contribution in [0.5, 0.6) is 0 Å². The molecule has 188 valence electrons. The van der Waals surface area contributed by atoms with Gasteiger partial charge in [0.05, 0.1) is 18.9 Å². The van der Waals surface area contributed by atoms with Crippen LogP contribution in [0.4, 0.5) is 0 Å². The normalized spacial score (nSPS) is 17.1. The van der Waals surface area contributed by atoms with Gasteiger partial charge in [0.2, 0.25) is 5.91 Å². The Hall–Kier alpha value is -3.76. The Bertz CT molecular complexity index is 1250. The van der Waals surface area contributed by atoms with Crippen molar-refractivity contribution in [2.75, 3.05) is 13.2 Å². The number of ether oxygens (including phenoxy) is 1. The monoisotopic (exact) mass is 511 g/mol. The zero-order valence-electron chi connectivity index (χ0n) is 19.6. The third-order valence-corrected chi connectivity index (χ3v) is 6.01. The summed E-state index contributed by atoms with van der Waals surface area (Å²) in [6.45, 7) is 2.26. The number of nitrogens with zero attached hydrogens (tertiary/aromatic N) is 4. The minimum atomic E-state index is -0.800. The third-order valence-electron chi connectivity index (χ3n) is 5.76. The van der Waals surface area contributed by atoms with E-state index in [4.69, 9.17) is 16.3 Å². The minimum absolute atomic E-state index is 0.0534. The van der Waals surface area contributed by atoms with E-state index >= 15 is 0 Å². The molecule has 2 amide bonds. The summed E-state index contributed by atoms with van der Waals surface area (Å²) in [7, 11) is 0. The van der Waals surface area contributed by atoms with Gasteiger partial charge >= 0.3 is 5.97 Å². The number of aliphatic hydroxyl groups is 1. The molecule has 0 saturated carbocycles. The summed E-state index contributed by atoms with van der Waals surface area (Å²) < 4.78 is 6.28. The van der Waals surface area contributed by atoms with Crippen LogP contribution in [0.1, 0.15) is 29.3 Å². The number of carbonyl (C=O) groups is 3. The molecule has 1 aliphatic rings. The van der Waals surface area contributed by atoms with Crippen LogP contribution in [-0.2, 0) is 27.4 Å². The predicted octanol–water partition coefficient (Wildman–Crippen LogP) is 2.05. The Labute approximate surface area is 212 Å². The smallest absolute Gasteiger partial charge is 0.327 e. The van der Waals surface area contributed by atoms with Crippen molar-refractivity contribution in [1.82, 2.24) is 25.2 Å². The van der Waals surface area contributed by atoms with Crippen LogP contribution < -0.4 is 5.32 Å². The molecule has 1 aromatic heterocycles. The highest BCUT2D eigenvalue weighted by molar-refractivity contribution is 6.30. The molecule has 1 saturated heterocycles. The van der Waals surface area contributed by atoms with Crippen LogP contribution in [0.2, 0.25) is 5.02 Å². The summed E-state index contributed by atoms with van der Waals surface area (Å²) in [5.41, 5.74) is 2.32. The average molecular weight is 512 g/mol. The lowest BCUT2D eigenvalue weighted by Crippen LogP contribution is -2.45. The highest BCUT2D eigenvalue weighted by Crippen LogP contribution is 2.24. The Morgan fingerprint density at radius 1 is 1.19 bits per heavy atom. The summed E-state index contributed by atoms with van der Waals surface area (Å²) in [6, 6.07) is 13.1. The van der Waals surface area contributed by atoms with E-state index in [0.717, 1.165) is 5.56 Å². The van der Waals surface area contributed by atoms with E-state index in [-0.39, 0.29) is 44.5 Å². The molecule has 0 aliphatic carbocycles. The van der Waals surface area contributed by atoms with Gasteiger partial charge in [0, 0.05) is 35.7 Å². The van der Waals surface area contributed by atoms with Crippen molar-refractivity contribution < 1.29 is 24.2 Å². The number of nitrogens with one attached hydrogen (secondary N) is 1. The molecular weight excluding hydrogens is 486 g/mol. The van der Waals surface area contributed by atoms with Crippen molar-refractivity contribution in [2.24, 2.45) is 0 Å². The van der Waals surface area contributed by atoms with Gasteiger partial charge in [-0.15, -0.1) is 5.10 Å². The molecule has 2 N–H and O–H groups in total. The zero-order chi connectivity index (χ0) is 25.7. The molecular formula is C25H26ClN5O5. The average Bonchev–Trinajstić information content (AvgIpc) is 3.50. The van der Waals surface area contributed by atoms with Crippen molar-refractivity contribution in [2.45, 2.75) is 38.6 Å². The molecule has 0 spiro atoms. The standard InChI is InChI=1S/C25H26ClN5O5/c1-2-36-23(33)15-30-14-21(28-29-30)17-4-3-5-18(10-17)25(35)31-13-20(32)11-22(31)24(34)27-12-16-6-8-19(26)9-7-16/h3-10,14,20,22,32H,2,11-13,15H2,1H3,(H,27,34)/t20-,22+/m1/s1. The molecule has 4 rings (SSSR count). The first-order valence-corrected chi connectivity index (χ1v) is 11.9. The molecule has 1 aliphatic heterocycles. The number of aromatic nitrogens is 3. The maximum Gasteiger partial charge on any atom is 0.327 e. The molecule has 2 heterocycles. The van der Waals surface area contributed by atoms with Crippen LogP contribution >= 0.6 is 11.6 Å². The molecule has 0 radical (unpaired) electrons. The van der Waals surface area contributed by atoms with E-state index < -0.39 is 18.1 Å². The van der Waals surface area contributed by atoms with Crippen LogP contribution in [0.3, 0.4) is 0 Å². The number of halogens is 1. The van der Waals surface area contributed by atoms with Crippen molar-refractivity contribution in [3.63, 3.8) is 0 Å². The number of amides is 2. The van der Waals surface area contributed by atoms with E-state index in [2.05, 4.69) is 15.6 Å². The lowest BCUT2D eigenvalue weighted by atomic mass is 10.1. The fourth-order valence-corrected chi connectivity index (χ4v) is 4.15. The maximum absolute atomic E-state index is 13.3. The first kappa shape index (κ1) is 25.3. The predicted molar refractivity (Wildman–Crippen MR) is 131 cm³/mol. The fraction of sp³-hybridized carbons (Fsp3) is 0.320. The van der Waals surface area contributed by atoms with Gasteiger partial charge in [-0.05, 0) is 36.8 Å². The summed E-state index contributed by atoms with van der Waals surface area (Å²) >= 11 is 5.90. The molecule has 10 nitrogen and oxygen atoms in total. The number of rotatable bonds is 8. The quantitative estimate of drug-likeness (QED) is 0.443. The number of benzene rings is 2. The van der Waals surface area contributed by atoms with Crippen molar-refractivity contribution in [3.8, 4) is 11.3 Å². The van der Waals surface area contributed by atoms with Crippen molar-refractivity contribution in [1.29, 1.82) is 0 Å². The van der Waals surface area contributed by atoms with Gasteiger partial charge in [-0.25, -0.2) is 4.68 Å². The summed E-state index contributed by atoms with van der Waals surface area (Å²) in [5, 5.41) is 21.7. The van der Waals surface area contributed by atoms with Crippen molar-refractivity contribution >= 4 is 29.4 Å². The van der Waals surface area contributed by atoms with E-state index in [1.807, 2.05) is 12.1 Å². The Morgan fingerprint density at radius 3 is 2.72 bits per heavy atom. The van der Waals surface area contributed by atoms with Crippen LogP contribution in [0, 0.1) is 0 Å². The second-order valence-corrected chi connectivity index (χ2v) is 8.83. The van der Waals surface area contributed by atoms with Crippen molar-refractivity contribution in [3.05, 3.63) is 70.9 Å². The number of likely N-dealkylation sites (tertiary alicyclic amines) is 1. The molecule has 3 aromatic rings. The number of carbonyl (C=O) groups excluding carboxylic acids is 3. The maximum atomic E-state index is 13.3. The van der Waals surface area contributed by atoms with Gasteiger partial charge in [0.15, 0.2) is 0 Å². The number of aliphatic hydroxyl groups excluding tert-OH is 1. The van der Waals surface area contributed by atoms with E-state index in [0.29, 0.717) is 21.8 Å². The number of hydrogen-bond donors (Lipinski definition) is 2. The molecule has 2 aromatic carbocycles. The van der Waals surface area contributed by atoms with Gasteiger partial charge in [-0.1, -0.05) is 41.1 Å². The number of β-amino-alcohol motifs (C(OH)–C–C–N with tert-alkyl or cyclic N) is 1. The summed E-state index contributed by atoms with van der Waals surface area (Å²) in [4.78, 5) is 39.3. The van der Waals surface area contributed by atoms with Gasteiger partial charge in [0.25, 0.3) is 5.91 Å². The SMILES string of the molecule is CCOC(=O)Cn1cc(-c2cccc(C(=O)N3C[C@H](O)C[C@H]3C(=O)NCc3ccc(Cl)cc3)c2)nn1. The summed E-state index contributed by atoms with van der Waals surface area (Å²) in [6.07, 6.45) is 0.943. The van der Waals surface area contributed by atoms with Gasteiger partial charge in [-0.2, -0.15) is 0 Å². The van der Waals surface area contributed by atoms with E-state index in [1.54, 1.807) is 49.5 Å². The number of hydrogen-bond acceptors (Lipinski definition) is 7. The number of esters is 1. The lowest BCUT2D eigenvalue weighted by Gasteiger charge is -2.24. The molecule has 2 atom stereocenters. The van der Waals surface area contributed by atoms with Crippen LogP contribution in [-0.4, -0.2) is 68.1 Å². The Balaban J connectivity index is 1.45. The molecule has 1 fully saturated rings. The largest absolute Gasteiger partial charge is 0.465 e. The zero-order valence-corrected chi connectivity index (χ0v) is 20.4. The van der Waals surface area contributed by atoms with E-state index in [9.17, 15) is 19.5 Å². The summed E-state index contributed by atoms with van der Waals surface area (Å²) in [5.74, 6) is -1.14. The van der Waals surface area contributed by atoms with Gasteiger partial charge < -0.3 is 20.1 Å². The van der Waals surface area contributed by atoms with Gasteiger partial charge in [-0.3, -0.25) is 14.4 Å². The second-order valence-electron chi connectivity index (χ2n) is 8.39. The second kappa shape index (κ2) is 11.3. The first-order valence-electron chi connectivity index (χ1n) is 11.5. The highest BCUT2D eigenvalue weighted by Gasteiger charge is 2.39. The Kier molecular flexibility index (Phi) is 7.97. The van der Waals surface area contributed by atoms with Crippen LogP contribution in [0.25, 0.3) is 11.3 Å². The van der Waals surface area contributed by atoms with E-state index in [1.165, 1.54) is 9.58 Å². The molecule has 11 heteroatoms. The topological polar surface area (TPSA) is 127 Å². The molecule has 0 unspecified atom stereocenters. The Morgan fingerprint density at radius 2 is 1.97 bits per heavy atom. The first-order chi connectivity index (χ1) is 17.3. The highest BCUT2D eigenvalue weighted by atomic mass is 35.5. The molecule has 36 heavy (non-hydrogen) atoms.